The van der Waals surface area contributed by atoms with Crippen LogP contribution in [0.25, 0.3) is 0 Å². The quantitative estimate of drug-likeness (QED) is 0.427. The molecule has 0 N–H and O–H groups in total. The molecule has 140 valence electrons. The Balaban J connectivity index is 2.55. The van der Waals surface area contributed by atoms with E-state index in [1.165, 1.54) is 0 Å². The first kappa shape index (κ1) is 21.0. The fourth-order valence-corrected chi connectivity index (χ4v) is 2.31. The van der Waals surface area contributed by atoms with Crippen LogP contribution >= 0.6 is 0 Å². The van der Waals surface area contributed by atoms with Crippen LogP contribution < -0.4 is 4.74 Å². The lowest BCUT2D eigenvalue weighted by Crippen LogP contribution is -2.37. The number of ether oxygens (including phenoxy) is 3. The minimum absolute atomic E-state index is 0.0526. The van der Waals surface area contributed by atoms with Gasteiger partial charge in [0.25, 0.3) is 5.91 Å². The maximum absolute atomic E-state index is 12.4. The van der Waals surface area contributed by atoms with Crippen molar-refractivity contribution in [2.75, 3.05) is 40.0 Å². The van der Waals surface area contributed by atoms with Gasteiger partial charge in [0.2, 0.25) is 0 Å². The van der Waals surface area contributed by atoms with Crippen molar-refractivity contribution in [1.29, 1.82) is 0 Å². The molecular weight excluding hydrogens is 322 g/mol. The third-order valence-corrected chi connectivity index (χ3v) is 3.69. The zero-order valence-corrected chi connectivity index (χ0v) is 15.5. The molecule has 0 fully saturated rings. The van der Waals surface area contributed by atoms with E-state index in [1.54, 1.807) is 18.9 Å². The zero-order valence-electron chi connectivity index (χ0n) is 15.5. The Hall–Kier alpha value is -2.08. The van der Waals surface area contributed by atoms with Crippen molar-refractivity contribution in [3.05, 3.63) is 29.8 Å². The lowest BCUT2D eigenvalue weighted by molar-refractivity contribution is -0.144. The smallest absolute Gasteiger partial charge is 0.307 e. The van der Waals surface area contributed by atoms with E-state index in [-0.39, 0.29) is 24.9 Å². The summed E-state index contributed by atoms with van der Waals surface area (Å²) in [5, 5.41) is 0. The highest BCUT2D eigenvalue weighted by molar-refractivity contribution is 5.78. The summed E-state index contributed by atoms with van der Waals surface area (Å²) in [6, 6.07) is 7.70. The molecule has 0 aliphatic rings. The Kier molecular flexibility index (Phi) is 10.3. The van der Waals surface area contributed by atoms with Gasteiger partial charge in [0.1, 0.15) is 5.75 Å². The highest BCUT2D eigenvalue weighted by atomic mass is 16.5. The third kappa shape index (κ3) is 8.54. The Morgan fingerprint density at radius 3 is 2.64 bits per heavy atom. The van der Waals surface area contributed by atoms with E-state index in [9.17, 15) is 9.59 Å². The Bertz CT molecular complexity index is 532. The average Bonchev–Trinajstić information content (AvgIpc) is 2.63. The molecule has 1 amide bonds. The second-order valence-corrected chi connectivity index (χ2v) is 5.57. The van der Waals surface area contributed by atoms with Gasteiger partial charge in [0.05, 0.1) is 13.0 Å². The predicted molar refractivity (Wildman–Crippen MR) is 95.6 cm³/mol. The fourth-order valence-electron chi connectivity index (χ4n) is 2.31. The summed E-state index contributed by atoms with van der Waals surface area (Å²) < 4.78 is 15.6. The number of carbonyl (C=O) groups excluding carboxylic acids is 2. The molecule has 25 heavy (non-hydrogen) atoms. The average molecular weight is 351 g/mol. The highest BCUT2D eigenvalue weighted by Crippen LogP contribution is 2.14. The molecule has 0 aliphatic heterocycles. The molecule has 0 unspecified atom stereocenters. The molecule has 0 radical (unpaired) electrons. The van der Waals surface area contributed by atoms with E-state index < -0.39 is 0 Å². The van der Waals surface area contributed by atoms with Crippen molar-refractivity contribution in [2.45, 2.75) is 33.1 Å². The van der Waals surface area contributed by atoms with E-state index in [0.717, 1.165) is 12.0 Å². The molecule has 0 saturated carbocycles. The first-order valence-corrected chi connectivity index (χ1v) is 8.74. The first-order valence-electron chi connectivity index (χ1n) is 8.74. The van der Waals surface area contributed by atoms with Gasteiger partial charge in [-0.1, -0.05) is 19.1 Å². The maximum atomic E-state index is 12.4. The second kappa shape index (κ2) is 12.3. The summed E-state index contributed by atoms with van der Waals surface area (Å²) in [6.45, 7) is 5.51. The van der Waals surface area contributed by atoms with Crippen molar-refractivity contribution in [2.24, 2.45) is 0 Å². The number of methoxy groups -OCH3 is 1. The van der Waals surface area contributed by atoms with Crippen LogP contribution in [0.1, 0.15) is 32.3 Å². The Labute approximate surface area is 150 Å². The summed E-state index contributed by atoms with van der Waals surface area (Å²) in [5.74, 6) is 0.223. The third-order valence-electron chi connectivity index (χ3n) is 3.69. The molecule has 0 aliphatic carbocycles. The van der Waals surface area contributed by atoms with Crippen molar-refractivity contribution < 1.29 is 23.8 Å². The largest absolute Gasteiger partial charge is 0.484 e. The minimum atomic E-state index is -0.302. The van der Waals surface area contributed by atoms with Gasteiger partial charge in [-0.05, 0) is 37.5 Å². The van der Waals surface area contributed by atoms with Gasteiger partial charge in [-0.15, -0.1) is 0 Å². The monoisotopic (exact) mass is 351 g/mol. The normalized spacial score (nSPS) is 10.4. The van der Waals surface area contributed by atoms with Crippen LogP contribution in [-0.2, 0) is 25.5 Å². The second-order valence-electron chi connectivity index (χ2n) is 5.57. The molecule has 0 heterocycles. The van der Waals surface area contributed by atoms with Crippen LogP contribution in [0.5, 0.6) is 5.75 Å². The molecule has 6 nitrogen and oxygen atoms in total. The van der Waals surface area contributed by atoms with E-state index >= 15 is 0 Å². The Morgan fingerprint density at radius 1 is 1.16 bits per heavy atom. The fraction of sp³-hybridized carbons (Fsp3) is 0.579. The molecule has 0 spiro atoms. The van der Waals surface area contributed by atoms with Gasteiger partial charge in [0, 0.05) is 26.8 Å². The summed E-state index contributed by atoms with van der Waals surface area (Å²) in [4.78, 5) is 25.6. The lowest BCUT2D eigenvalue weighted by atomic mass is 10.2. The van der Waals surface area contributed by atoms with Crippen LogP contribution in [-0.4, -0.2) is 56.8 Å². The number of amides is 1. The predicted octanol–water partition coefficient (Wildman–Crippen LogP) is 2.45. The van der Waals surface area contributed by atoms with Gasteiger partial charge in [-0.2, -0.15) is 0 Å². The molecule has 1 aromatic rings. The van der Waals surface area contributed by atoms with Gasteiger partial charge in [-0.25, -0.2) is 0 Å². The molecule has 0 saturated heterocycles. The molecule has 0 bridgehead atoms. The van der Waals surface area contributed by atoms with E-state index in [0.29, 0.717) is 38.5 Å². The van der Waals surface area contributed by atoms with Crippen LogP contribution in [0.3, 0.4) is 0 Å². The summed E-state index contributed by atoms with van der Waals surface area (Å²) in [6.07, 6.45) is 1.79. The highest BCUT2D eigenvalue weighted by Gasteiger charge is 2.16. The van der Waals surface area contributed by atoms with Gasteiger partial charge in [-0.3, -0.25) is 9.59 Å². The van der Waals surface area contributed by atoms with E-state index in [2.05, 4.69) is 6.92 Å². The zero-order chi connectivity index (χ0) is 18.5. The van der Waals surface area contributed by atoms with E-state index in [1.807, 2.05) is 24.3 Å². The summed E-state index contributed by atoms with van der Waals surface area (Å²) in [7, 11) is 1.62. The first-order chi connectivity index (χ1) is 12.1. The van der Waals surface area contributed by atoms with Crippen molar-refractivity contribution in [3.8, 4) is 5.75 Å². The van der Waals surface area contributed by atoms with E-state index in [4.69, 9.17) is 14.2 Å². The summed E-state index contributed by atoms with van der Waals surface area (Å²) >= 11 is 0. The molecular formula is C19H29NO5. The number of nitrogens with zero attached hydrogens (tertiary/aromatic N) is 1. The molecule has 1 rings (SSSR count). The lowest BCUT2D eigenvalue weighted by Gasteiger charge is -2.22. The van der Waals surface area contributed by atoms with Crippen molar-refractivity contribution in [1.82, 2.24) is 4.90 Å². The van der Waals surface area contributed by atoms with Gasteiger partial charge >= 0.3 is 5.97 Å². The van der Waals surface area contributed by atoms with Crippen LogP contribution in [0.4, 0.5) is 0 Å². The van der Waals surface area contributed by atoms with Gasteiger partial charge in [0.15, 0.2) is 6.61 Å². The summed E-state index contributed by atoms with van der Waals surface area (Å²) in [5.41, 5.74) is 1.16. The van der Waals surface area contributed by atoms with Crippen molar-refractivity contribution in [3.63, 3.8) is 0 Å². The maximum Gasteiger partial charge on any atom is 0.307 e. The number of benzene rings is 1. The number of carbonyl (C=O) groups is 2. The number of esters is 1. The van der Waals surface area contributed by atoms with Crippen LogP contribution in [0, 0.1) is 0 Å². The van der Waals surface area contributed by atoms with Gasteiger partial charge < -0.3 is 19.1 Å². The SMILES string of the molecule is CCOC(=O)CCN(CCCOC)C(=O)COc1cccc(CC)c1. The number of hydrogen-bond acceptors (Lipinski definition) is 5. The molecule has 1 aromatic carbocycles. The number of hydrogen-bond donors (Lipinski definition) is 0. The Morgan fingerprint density at radius 2 is 1.96 bits per heavy atom. The minimum Gasteiger partial charge on any atom is -0.484 e. The topological polar surface area (TPSA) is 65.1 Å². The molecule has 0 aromatic heterocycles. The van der Waals surface area contributed by atoms with Crippen LogP contribution in [0.15, 0.2) is 24.3 Å². The van der Waals surface area contributed by atoms with Crippen molar-refractivity contribution >= 4 is 11.9 Å². The molecule has 6 heteroatoms. The molecule has 0 atom stereocenters. The number of rotatable bonds is 12. The van der Waals surface area contributed by atoms with Crippen LogP contribution in [0.2, 0.25) is 0 Å². The number of aryl methyl sites for hydroxylation is 1. The standard InChI is InChI=1S/C19H29NO5/c1-4-16-8-6-9-17(14-16)25-15-18(21)20(11-7-13-23-3)12-10-19(22)24-5-2/h6,8-9,14H,4-5,7,10-13,15H2,1-3H3.